The van der Waals surface area contributed by atoms with Crippen LogP contribution in [0.15, 0.2) is 36.5 Å². The minimum Gasteiger partial charge on any atom is -0.508 e. The molecule has 0 spiro atoms. The molecule has 0 aliphatic rings. The van der Waals surface area contributed by atoms with Crippen LogP contribution in [0.3, 0.4) is 0 Å². The number of benzene rings is 1. The topological polar surface area (TPSA) is 54.4 Å². The van der Waals surface area contributed by atoms with E-state index in [9.17, 15) is 9.50 Å². The number of hydrogen-bond acceptors (Lipinski definition) is 4. The average molecular weight is 276 g/mol. The zero-order valence-corrected chi connectivity index (χ0v) is 11.4. The molecule has 2 rings (SSSR count). The third-order valence-corrected chi connectivity index (χ3v) is 2.63. The van der Waals surface area contributed by atoms with Gasteiger partial charge in [0.25, 0.3) is 0 Å². The number of phenols is 1. The van der Waals surface area contributed by atoms with Gasteiger partial charge in [0, 0.05) is 18.3 Å². The Morgan fingerprint density at radius 1 is 1.35 bits per heavy atom. The number of rotatable bonds is 5. The predicted molar refractivity (Wildman–Crippen MR) is 75.4 cm³/mol. The first-order chi connectivity index (χ1) is 9.56. The lowest BCUT2D eigenvalue weighted by Gasteiger charge is -2.14. The minimum absolute atomic E-state index is 0.00743. The molecule has 1 aromatic heterocycles. The molecule has 0 fully saturated rings. The molecule has 0 amide bonds. The number of anilines is 1. The molecular formula is C15H17FN2O2. The first-order valence-electron chi connectivity index (χ1n) is 6.39. The molecule has 1 aromatic carbocycles. The van der Waals surface area contributed by atoms with Gasteiger partial charge >= 0.3 is 0 Å². The molecule has 0 saturated heterocycles. The Bertz CT molecular complexity index is 588. The summed E-state index contributed by atoms with van der Waals surface area (Å²) in [6.07, 6.45) is 1.65. The lowest BCUT2D eigenvalue weighted by Crippen LogP contribution is -2.10. The molecule has 0 unspecified atom stereocenters. The molecule has 0 bridgehead atoms. The molecule has 0 radical (unpaired) electrons. The summed E-state index contributed by atoms with van der Waals surface area (Å²) in [7, 11) is 0. The fourth-order valence-electron chi connectivity index (χ4n) is 1.73. The summed E-state index contributed by atoms with van der Waals surface area (Å²) in [5, 5.41) is 12.8. The van der Waals surface area contributed by atoms with E-state index in [1.807, 2.05) is 19.9 Å². The van der Waals surface area contributed by atoms with Crippen molar-refractivity contribution < 1.29 is 14.2 Å². The van der Waals surface area contributed by atoms with Crippen molar-refractivity contribution >= 4 is 5.69 Å². The van der Waals surface area contributed by atoms with Gasteiger partial charge in [0.15, 0.2) is 0 Å². The summed E-state index contributed by atoms with van der Waals surface area (Å²) in [6, 6.07) is 7.45. The van der Waals surface area contributed by atoms with Gasteiger partial charge in [-0.25, -0.2) is 9.37 Å². The SMILES string of the molecule is CC(C)Oc1ncccc1NCc1cc(F)ccc1O. The summed E-state index contributed by atoms with van der Waals surface area (Å²) in [6.45, 7) is 4.11. The number of phenolic OH excluding ortho intramolecular Hbond substituents is 1. The Hall–Kier alpha value is -2.30. The van der Waals surface area contributed by atoms with Crippen LogP contribution in [0, 0.1) is 5.82 Å². The Kier molecular flexibility index (Phi) is 4.40. The van der Waals surface area contributed by atoms with Crippen LogP contribution < -0.4 is 10.1 Å². The summed E-state index contributed by atoms with van der Waals surface area (Å²) < 4.78 is 18.7. The Morgan fingerprint density at radius 3 is 2.90 bits per heavy atom. The summed E-state index contributed by atoms with van der Waals surface area (Å²) in [5.74, 6) is 0.150. The van der Waals surface area contributed by atoms with Crippen molar-refractivity contribution in [2.24, 2.45) is 0 Å². The first kappa shape index (κ1) is 14.1. The van der Waals surface area contributed by atoms with Crippen LogP contribution in [-0.2, 0) is 6.54 Å². The van der Waals surface area contributed by atoms with Crippen LogP contribution >= 0.6 is 0 Å². The van der Waals surface area contributed by atoms with Gasteiger partial charge in [0.05, 0.1) is 11.8 Å². The third-order valence-electron chi connectivity index (χ3n) is 2.63. The molecule has 0 aliphatic carbocycles. The number of aromatic nitrogens is 1. The van der Waals surface area contributed by atoms with Crippen LogP contribution in [0.4, 0.5) is 10.1 Å². The van der Waals surface area contributed by atoms with Crippen LogP contribution in [0.5, 0.6) is 11.6 Å². The van der Waals surface area contributed by atoms with Gasteiger partial charge < -0.3 is 15.2 Å². The quantitative estimate of drug-likeness (QED) is 0.879. The van der Waals surface area contributed by atoms with E-state index in [0.717, 1.165) is 0 Å². The molecule has 2 aromatic rings. The van der Waals surface area contributed by atoms with E-state index in [1.165, 1.54) is 18.2 Å². The highest BCUT2D eigenvalue weighted by Crippen LogP contribution is 2.24. The smallest absolute Gasteiger partial charge is 0.237 e. The van der Waals surface area contributed by atoms with Crippen molar-refractivity contribution in [1.82, 2.24) is 4.98 Å². The highest BCUT2D eigenvalue weighted by Gasteiger charge is 2.08. The number of hydrogen-bond donors (Lipinski definition) is 2. The van der Waals surface area contributed by atoms with Crippen molar-refractivity contribution in [1.29, 1.82) is 0 Å². The second-order valence-electron chi connectivity index (χ2n) is 4.65. The van der Waals surface area contributed by atoms with Gasteiger partial charge in [-0.2, -0.15) is 0 Å². The molecule has 0 saturated carbocycles. The number of pyridine rings is 1. The Morgan fingerprint density at radius 2 is 2.15 bits per heavy atom. The summed E-state index contributed by atoms with van der Waals surface area (Å²) >= 11 is 0. The number of aromatic hydroxyl groups is 1. The second kappa shape index (κ2) is 6.23. The summed E-state index contributed by atoms with van der Waals surface area (Å²) in [5.41, 5.74) is 1.18. The van der Waals surface area contributed by atoms with Gasteiger partial charge in [-0.05, 0) is 44.2 Å². The van der Waals surface area contributed by atoms with Crippen molar-refractivity contribution in [3.8, 4) is 11.6 Å². The number of nitrogens with one attached hydrogen (secondary N) is 1. The molecule has 4 nitrogen and oxygen atoms in total. The van der Waals surface area contributed by atoms with Crippen molar-refractivity contribution in [3.05, 3.63) is 47.9 Å². The molecule has 2 N–H and O–H groups in total. The van der Waals surface area contributed by atoms with E-state index >= 15 is 0 Å². The molecule has 20 heavy (non-hydrogen) atoms. The molecule has 106 valence electrons. The normalized spacial score (nSPS) is 10.6. The molecule has 1 heterocycles. The maximum absolute atomic E-state index is 13.1. The number of halogens is 1. The average Bonchev–Trinajstić information content (AvgIpc) is 2.41. The Labute approximate surface area is 117 Å². The maximum Gasteiger partial charge on any atom is 0.237 e. The first-order valence-corrected chi connectivity index (χ1v) is 6.39. The van der Waals surface area contributed by atoms with E-state index in [2.05, 4.69) is 10.3 Å². The lowest BCUT2D eigenvalue weighted by atomic mass is 10.2. The van der Waals surface area contributed by atoms with Gasteiger partial charge in [0.2, 0.25) is 5.88 Å². The summed E-state index contributed by atoms with van der Waals surface area (Å²) in [4.78, 5) is 4.15. The molecule has 0 aliphatic heterocycles. The van der Waals surface area contributed by atoms with Gasteiger partial charge in [0.1, 0.15) is 11.6 Å². The highest BCUT2D eigenvalue weighted by atomic mass is 19.1. The minimum atomic E-state index is -0.385. The number of ether oxygens (including phenoxy) is 1. The fourth-order valence-corrected chi connectivity index (χ4v) is 1.73. The predicted octanol–water partition coefficient (Wildman–Crippen LogP) is 3.33. The molecular weight excluding hydrogens is 259 g/mol. The largest absolute Gasteiger partial charge is 0.508 e. The van der Waals surface area contributed by atoms with E-state index in [-0.39, 0.29) is 24.2 Å². The monoisotopic (exact) mass is 276 g/mol. The van der Waals surface area contributed by atoms with E-state index in [4.69, 9.17) is 4.74 Å². The zero-order valence-electron chi connectivity index (χ0n) is 11.4. The van der Waals surface area contributed by atoms with E-state index in [0.29, 0.717) is 17.1 Å². The zero-order chi connectivity index (χ0) is 14.5. The maximum atomic E-state index is 13.1. The fraction of sp³-hybridized carbons (Fsp3) is 0.267. The molecule has 5 heteroatoms. The van der Waals surface area contributed by atoms with Gasteiger partial charge in [-0.1, -0.05) is 0 Å². The van der Waals surface area contributed by atoms with Crippen molar-refractivity contribution in [2.75, 3.05) is 5.32 Å². The Balaban J connectivity index is 2.12. The number of nitrogens with zero attached hydrogens (tertiary/aromatic N) is 1. The highest BCUT2D eigenvalue weighted by molar-refractivity contribution is 5.53. The molecule has 0 atom stereocenters. The van der Waals surface area contributed by atoms with Gasteiger partial charge in [-0.15, -0.1) is 0 Å². The standard InChI is InChI=1S/C15H17FN2O2/c1-10(2)20-15-13(4-3-7-17-15)18-9-11-8-12(16)5-6-14(11)19/h3-8,10,18-19H,9H2,1-2H3. The van der Waals surface area contributed by atoms with Crippen molar-refractivity contribution in [3.63, 3.8) is 0 Å². The second-order valence-corrected chi connectivity index (χ2v) is 4.65. The van der Waals surface area contributed by atoms with Crippen molar-refractivity contribution in [2.45, 2.75) is 26.5 Å². The van der Waals surface area contributed by atoms with Crippen LogP contribution in [0.25, 0.3) is 0 Å². The lowest BCUT2D eigenvalue weighted by molar-refractivity contribution is 0.234. The van der Waals surface area contributed by atoms with Crippen LogP contribution in [0.2, 0.25) is 0 Å². The van der Waals surface area contributed by atoms with Gasteiger partial charge in [-0.3, -0.25) is 0 Å². The van der Waals surface area contributed by atoms with E-state index < -0.39 is 0 Å². The van der Waals surface area contributed by atoms with E-state index in [1.54, 1.807) is 12.3 Å². The van der Waals surface area contributed by atoms with Crippen LogP contribution in [0.1, 0.15) is 19.4 Å². The van der Waals surface area contributed by atoms with Crippen LogP contribution in [-0.4, -0.2) is 16.2 Å². The third kappa shape index (κ3) is 3.60.